The van der Waals surface area contributed by atoms with Crippen molar-refractivity contribution in [2.45, 2.75) is 20.8 Å². The molecule has 1 heterocycles. The van der Waals surface area contributed by atoms with Gasteiger partial charge in [0.2, 0.25) is 5.91 Å². The summed E-state index contributed by atoms with van der Waals surface area (Å²) in [5, 5.41) is 0. The van der Waals surface area contributed by atoms with E-state index in [0.29, 0.717) is 6.54 Å². The summed E-state index contributed by atoms with van der Waals surface area (Å²) in [5.41, 5.74) is 0. The molecular formula is C11H20N2O2. The average Bonchev–Trinajstić information content (AvgIpc) is 2.17. The van der Waals surface area contributed by atoms with Crippen LogP contribution in [0.2, 0.25) is 0 Å². The number of nitrogens with zero attached hydrogens (tertiary/aromatic N) is 2. The third-order valence-electron chi connectivity index (χ3n) is 2.62. The van der Waals surface area contributed by atoms with Crippen molar-refractivity contribution in [2.75, 3.05) is 32.7 Å². The number of rotatable bonds is 3. The zero-order valence-corrected chi connectivity index (χ0v) is 9.82. The van der Waals surface area contributed by atoms with Crippen molar-refractivity contribution in [3.8, 4) is 0 Å². The van der Waals surface area contributed by atoms with Gasteiger partial charge in [0, 0.05) is 32.1 Å². The number of amides is 1. The summed E-state index contributed by atoms with van der Waals surface area (Å²) in [6.45, 7) is 9.11. The van der Waals surface area contributed by atoms with Crippen molar-refractivity contribution in [2.24, 2.45) is 5.92 Å². The van der Waals surface area contributed by atoms with E-state index in [-0.39, 0.29) is 17.6 Å². The molecule has 0 aromatic carbocycles. The van der Waals surface area contributed by atoms with E-state index in [1.165, 1.54) is 0 Å². The molecule has 1 fully saturated rings. The quantitative estimate of drug-likeness (QED) is 0.679. The van der Waals surface area contributed by atoms with Gasteiger partial charge >= 0.3 is 0 Å². The summed E-state index contributed by atoms with van der Waals surface area (Å²) < 4.78 is 0. The van der Waals surface area contributed by atoms with Gasteiger partial charge in [-0.3, -0.25) is 14.5 Å². The first kappa shape index (κ1) is 12.2. The van der Waals surface area contributed by atoms with Gasteiger partial charge in [-0.25, -0.2) is 0 Å². The lowest BCUT2D eigenvalue weighted by Crippen LogP contribution is -2.50. The molecule has 0 radical (unpaired) electrons. The lowest BCUT2D eigenvalue weighted by atomic mass is 10.1. The van der Waals surface area contributed by atoms with Gasteiger partial charge in [0.1, 0.15) is 5.78 Å². The van der Waals surface area contributed by atoms with Gasteiger partial charge in [-0.1, -0.05) is 13.8 Å². The predicted molar refractivity (Wildman–Crippen MR) is 58.5 cm³/mol. The monoisotopic (exact) mass is 212 g/mol. The molecule has 1 amide bonds. The molecule has 0 aromatic rings. The van der Waals surface area contributed by atoms with Gasteiger partial charge in [0.15, 0.2) is 0 Å². The van der Waals surface area contributed by atoms with E-state index in [0.717, 1.165) is 26.2 Å². The zero-order chi connectivity index (χ0) is 11.4. The van der Waals surface area contributed by atoms with Crippen molar-refractivity contribution in [1.29, 1.82) is 0 Å². The highest BCUT2D eigenvalue weighted by atomic mass is 16.2. The van der Waals surface area contributed by atoms with Crippen LogP contribution in [0.3, 0.4) is 0 Å². The zero-order valence-electron chi connectivity index (χ0n) is 9.82. The minimum absolute atomic E-state index is 0.0735. The maximum absolute atomic E-state index is 11.7. The first-order valence-corrected chi connectivity index (χ1v) is 5.51. The second kappa shape index (κ2) is 5.26. The molecule has 0 saturated carbocycles. The molecule has 0 spiro atoms. The highest BCUT2D eigenvalue weighted by molar-refractivity contribution is 5.78. The summed E-state index contributed by atoms with van der Waals surface area (Å²) >= 11 is 0. The topological polar surface area (TPSA) is 40.6 Å². The van der Waals surface area contributed by atoms with Gasteiger partial charge in [0.05, 0.1) is 6.54 Å². The van der Waals surface area contributed by atoms with E-state index in [9.17, 15) is 9.59 Å². The second-order valence-electron chi connectivity index (χ2n) is 4.46. The lowest BCUT2D eigenvalue weighted by Gasteiger charge is -2.35. The van der Waals surface area contributed by atoms with E-state index in [1.807, 2.05) is 18.7 Å². The summed E-state index contributed by atoms with van der Waals surface area (Å²) in [4.78, 5) is 26.6. The fraction of sp³-hybridized carbons (Fsp3) is 0.818. The number of carbonyl (C=O) groups excluding carboxylic acids is 2. The van der Waals surface area contributed by atoms with Crippen molar-refractivity contribution in [3.63, 3.8) is 0 Å². The Morgan fingerprint density at radius 3 is 2.07 bits per heavy atom. The number of ketones is 1. The molecule has 0 unspecified atom stereocenters. The Labute approximate surface area is 91.2 Å². The molecular weight excluding hydrogens is 192 g/mol. The normalized spacial score (nSPS) is 18.3. The first-order valence-electron chi connectivity index (χ1n) is 5.51. The van der Waals surface area contributed by atoms with Crippen LogP contribution >= 0.6 is 0 Å². The van der Waals surface area contributed by atoms with Gasteiger partial charge < -0.3 is 4.90 Å². The van der Waals surface area contributed by atoms with Gasteiger partial charge in [-0.15, -0.1) is 0 Å². The Hall–Kier alpha value is -0.900. The van der Waals surface area contributed by atoms with Crippen LogP contribution in [0.5, 0.6) is 0 Å². The average molecular weight is 212 g/mol. The van der Waals surface area contributed by atoms with Crippen LogP contribution in [0.1, 0.15) is 20.8 Å². The summed E-state index contributed by atoms with van der Waals surface area (Å²) in [7, 11) is 0. The van der Waals surface area contributed by atoms with Crippen LogP contribution in [-0.4, -0.2) is 54.2 Å². The number of Topliss-reactive ketones (excluding diaryl/α,β-unsaturated/α-hetero) is 1. The van der Waals surface area contributed by atoms with E-state index < -0.39 is 0 Å². The Bertz CT molecular complexity index is 243. The van der Waals surface area contributed by atoms with Crippen LogP contribution in [0.25, 0.3) is 0 Å². The summed E-state index contributed by atoms with van der Waals surface area (Å²) in [6, 6.07) is 0. The fourth-order valence-electron chi connectivity index (χ4n) is 1.81. The molecule has 4 nitrogen and oxygen atoms in total. The van der Waals surface area contributed by atoms with E-state index in [2.05, 4.69) is 4.90 Å². The SMILES string of the molecule is CC(=O)CN1CCN(C(=O)C(C)C)CC1. The largest absolute Gasteiger partial charge is 0.340 e. The van der Waals surface area contributed by atoms with E-state index >= 15 is 0 Å². The van der Waals surface area contributed by atoms with E-state index in [4.69, 9.17) is 0 Å². The van der Waals surface area contributed by atoms with Crippen LogP contribution < -0.4 is 0 Å². The van der Waals surface area contributed by atoms with Crippen LogP contribution in [-0.2, 0) is 9.59 Å². The van der Waals surface area contributed by atoms with E-state index in [1.54, 1.807) is 6.92 Å². The number of carbonyl (C=O) groups is 2. The Balaban J connectivity index is 2.35. The third kappa shape index (κ3) is 3.63. The molecule has 1 saturated heterocycles. The summed E-state index contributed by atoms with van der Waals surface area (Å²) in [6.07, 6.45) is 0. The van der Waals surface area contributed by atoms with Gasteiger partial charge in [-0.2, -0.15) is 0 Å². The first-order chi connectivity index (χ1) is 7.00. The molecule has 15 heavy (non-hydrogen) atoms. The summed E-state index contributed by atoms with van der Waals surface area (Å²) in [5.74, 6) is 0.487. The number of hydrogen-bond acceptors (Lipinski definition) is 3. The third-order valence-corrected chi connectivity index (χ3v) is 2.62. The molecule has 0 N–H and O–H groups in total. The van der Waals surface area contributed by atoms with Crippen molar-refractivity contribution < 1.29 is 9.59 Å². The maximum atomic E-state index is 11.7. The molecule has 0 aromatic heterocycles. The smallest absolute Gasteiger partial charge is 0.225 e. The Kier molecular flexibility index (Phi) is 4.27. The van der Waals surface area contributed by atoms with Gasteiger partial charge in [-0.05, 0) is 6.92 Å². The van der Waals surface area contributed by atoms with Crippen molar-refractivity contribution in [3.05, 3.63) is 0 Å². The van der Waals surface area contributed by atoms with Crippen LogP contribution in [0, 0.1) is 5.92 Å². The Morgan fingerprint density at radius 1 is 1.13 bits per heavy atom. The second-order valence-corrected chi connectivity index (χ2v) is 4.46. The van der Waals surface area contributed by atoms with Gasteiger partial charge in [0.25, 0.3) is 0 Å². The maximum Gasteiger partial charge on any atom is 0.225 e. The van der Waals surface area contributed by atoms with Crippen molar-refractivity contribution >= 4 is 11.7 Å². The van der Waals surface area contributed by atoms with Crippen LogP contribution in [0.15, 0.2) is 0 Å². The molecule has 0 bridgehead atoms. The molecule has 86 valence electrons. The standard InChI is InChI=1S/C11H20N2O2/c1-9(2)11(15)13-6-4-12(5-7-13)8-10(3)14/h9H,4-8H2,1-3H3. The highest BCUT2D eigenvalue weighted by Crippen LogP contribution is 2.06. The fourth-order valence-corrected chi connectivity index (χ4v) is 1.81. The molecule has 0 atom stereocenters. The minimum atomic E-state index is 0.0735. The predicted octanol–water partition coefficient (Wildman–Crippen LogP) is 0.376. The Morgan fingerprint density at radius 2 is 1.67 bits per heavy atom. The molecule has 1 aliphatic rings. The highest BCUT2D eigenvalue weighted by Gasteiger charge is 2.22. The van der Waals surface area contributed by atoms with Crippen molar-refractivity contribution in [1.82, 2.24) is 9.80 Å². The molecule has 4 heteroatoms. The number of hydrogen-bond donors (Lipinski definition) is 0. The number of piperazine rings is 1. The van der Waals surface area contributed by atoms with Crippen LogP contribution in [0.4, 0.5) is 0 Å². The molecule has 1 aliphatic heterocycles. The molecule has 1 rings (SSSR count). The minimum Gasteiger partial charge on any atom is -0.340 e. The lowest BCUT2D eigenvalue weighted by molar-refractivity contribution is -0.136. The molecule has 0 aliphatic carbocycles.